The van der Waals surface area contributed by atoms with Gasteiger partial charge in [0.1, 0.15) is 0 Å². The van der Waals surface area contributed by atoms with Gasteiger partial charge >= 0.3 is 5.97 Å². The molecule has 0 saturated heterocycles. The van der Waals surface area contributed by atoms with Crippen molar-refractivity contribution in [2.75, 3.05) is 13.2 Å². The highest BCUT2D eigenvalue weighted by molar-refractivity contribution is 5.79. The van der Waals surface area contributed by atoms with E-state index in [1.54, 1.807) is 6.92 Å². The van der Waals surface area contributed by atoms with Crippen LogP contribution in [0.2, 0.25) is 0 Å². The summed E-state index contributed by atoms with van der Waals surface area (Å²) in [5.41, 5.74) is 0. The predicted molar refractivity (Wildman–Crippen MR) is 58.3 cm³/mol. The van der Waals surface area contributed by atoms with Crippen molar-refractivity contribution in [3.63, 3.8) is 0 Å². The standard InChI is InChI=1S/C11H21NO3/c1-4-6-9(3)11(14)12-8-7-10(13)15-5-2/h9H,4-8H2,1-3H3,(H,12,14). The Morgan fingerprint density at radius 2 is 2.00 bits per heavy atom. The van der Waals surface area contributed by atoms with Crippen LogP contribution >= 0.6 is 0 Å². The lowest BCUT2D eigenvalue weighted by Gasteiger charge is -2.10. The van der Waals surface area contributed by atoms with Crippen LogP contribution in [0.3, 0.4) is 0 Å². The van der Waals surface area contributed by atoms with E-state index in [1.807, 2.05) is 13.8 Å². The molecule has 0 aliphatic rings. The molecule has 0 aliphatic heterocycles. The van der Waals surface area contributed by atoms with Crippen LogP contribution < -0.4 is 5.32 Å². The summed E-state index contributed by atoms with van der Waals surface area (Å²) >= 11 is 0. The Morgan fingerprint density at radius 1 is 1.33 bits per heavy atom. The average molecular weight is 215 g/mol. The number of carbonyl (C=O) groups excluding carboxylic acids is 2. The van der Waals surface area contributed by atoms with Gasteiger partial charge in [-0.15, -0.1) is 0 Å². The van der Waals surface area contributed by atoms with E-state index in [-0.39, 0.29) is 24.2 Å². The molecular weight excluding hydrogens is 194 g/mol. The fraction of sp³-hybridized carbons (Fsp3) is 0.818. The lowest BCUT2D eigenvalue weighted by molar-refractivity contribution is -0.143. The summed E-state index contributed by atoms with van der Waals surface area (Å²) in [7, 11) is 0. The molecule has 1 amide bonds. The van der Waals surface area contributed by atoms with Crippen molar-refractivity contribution >= 4 is 11.9 Å². The summed E-state index contributed by atoms with van der Waals surface area (Å²) in [6.45, 7) is 6.45. The molecule has 0 saturated carbocycles. The molecule has 0 aromatic carbocycles. The summed E-state index contributed by atoms with van der Waals surface area (Å²) in [5.74, 6) is -0.223. The maximum atomic E-state index is 11.4. The lowest BCUT2D eigenvalue weighted by atomic mass is 10.1. The highest BCUT2D eigenvalue weighted by Gasteiger charge is 2.11. The largest absolute Gasteiger partial charge is 0.466 e. The van der Waals surface area contributed by atoms with Gasteiger partial charge in [0.05, 0.1) is 13.0 Å². The van der Waals surface area contributed by atoms with Gasteiger partial charge < -0.3 is 10.1 Å². The number of hydrogen-bond donors (Lipinski definition) is 1. The molecule has 0 fully saturated rings. The third-order valence-electron chi connectivity index (χ3n) is 2.10. The Hall–Kier alpha value is -1.06. The summed E-state index contributed by atoms with van der Waals surface area (Å²) < 4.78 is 4.74. The number of carbonyl (C=O) groups is 2. The van der Waals surface area contributed by atoms with Gasteiger partial charge in [0.2, 0.25) is 5.91 Å². The van der Waals surface area contributed by atoms with Crippen LogP contribution in [0.4, 0.5) is 0 Å². The number of esters is 1. The fourth-order valence-corrected chi connectivity index (χ4v) is 1.26. The van der Waals surface area contributed by atoms with Gasteiger partial charge in [-0.3, -0.25) is 9.59 Å². The first-order valence-corrected chi connectivity index (χ1v) is 5.55. The predicted octanol–water partition coefficient (Wildman–Crippen LogP) is 1.49. The van der Waals surface area contributed by atoms with Gasteiger partial charge in [0.25, 0.3) is 0 Å². The minimum atomic E-state index is -0.263. The molecule has 1 atom stereocenters. The van der Waals surface area contributed by atoms with Crippen LogP contribution in [0.25, 0.3) is 0 Å². The topological polar surface area (TPSA) is 55.4 Å². The van der Waals surface area contributed by atoms with Crippen molar-refractivity contribution in [3.05, 3.63) is 0 Å². The van der Waals surface area contributed by atoms with Gasteiger partial charge in [-0.2, -0.15) is 0 Å². The van der Waals surface area contributed by atoms with E-state index in [4.69, 9.17) is 4.74 Å². The molecule has 0 heterocycles. The number of hydrogen-bond acceptors (Lipinski definition) is 3. The fourth-order valence-electron chi connectivity index (χ4n) is 1.26. The first-order valence-electron chi connectivity index (χ1n) is 5.55. The molecule has 0 aliphatic carbocycles. The van der Waals surface area contributed by atoms with E-state index in [9.17, 15) is 9.59 Å². The van der Waals surface area contributed by atoms with Gasteiger partial charge in [-0.1, -0.05) is 20.3 Å². The van der Waals surface area contributed by atoms with Crippen LogP contribution in [0.1, 0.15) is 40.0 Å². The average Bonchev–Trinajstić information content (AvgIpc) is 2.18. The van der Waals surface area contributed by atoms with Crippen molar-refractivity contribution in [3.8, 4) is 0 Å². The summed E-state index contributed by atoms with van der Waals surface area (Å²) in [6, 6.07) is 0. The molecule has 4 heteroatoms. The molecule has 1 unspecified atom stereocenters. The van der Waals surface area contributed by atoms with Gasteiger partial charge in [-0.25, -0.2) is 0 Å². The third kappa shape index (κ3) is 6.94. The van der Waals surface area contributed by atoms with Crippen molar-refractivity contribution < 1.29 is 14.3 Å². The highest BCUT2D eigenvalue weighted by atomic mass is 16.5. The minimum absolute atomic E-state index is 0.0150. The Morgan fingerprint density at radius 3 is 2.53 bits per heavy atom. The zero-order chi connectivity index (χ0) is 11.7. The second-order valence-corrected chi connectivity index (χ2v) is 3.54. The number of rotatable bonds is 7. The van der Waals surface area contributed by atoms with Gasteiger partial charge in [0, 0.05) is 12.5 Å². The number of nitrogens with one attached hydrogen (secondary N) is 1. The zero-order valence-electron chi connectivity index (χ0n) is 9.84. The normalized spacial score (nSPS) is 11.9. The second kappa shape index (κ2) is 8.26. The monoisotopic (exact) mass is 215 g/mol. The molecule has 15 heavy (non-hydrogen) atoms. The van der Waals surface area contributed by atoms with E-state index >= 15 is 0 Å². The third-order valence-corrected chi connectivity index (χ3v) is 2.10. The molecule has 0 rings (SSSR count). The molecule has 0 spiro atoms. The number of ether oxygens (including phenoxy) is 1. The van der Waals surface area contributed by atoms with E-state index in [2.05, 4.69) is 5.32 Å². The van der Waals surface area contributed by atoms with E-state index < -0.39 is 0 Å². The van der Waals surface area contributed by atoms with E-state index in [0.717, 1.165) is 12.8 Å². The second-order valence-electron chi connectivity index (χ2n) is 3.54. The SMILES string of the molecule is CCCC(C)C(=O)NCCC(=O)OCC. The molecule has 1 N–H and O–H groups in total. The van der Waals surface area contributed by atoms with Crippen LogP contribution in [0, 0.1) is 5.92 Å². The van der Waals surface area contributed by atoms with Crippen LogP contribution in [0.15, 0.2) is 0 Å². The highest BCUT2D eigenvalue weighted by Crippen LogP contribution is 2.04. The van der Waals surface area contributed by atoms with E-state index in [1.165, 1.54) is 0 Å². The summed E-state index contributed by atoms with van der Waals surface area (Å²) in [6.07, 6.45) is 2.12. The molecule has 0 bridgehead atoms. The first kappa shape index (κ1) is 13.9. The number of amides is 1. The summed E-state index contributed by atoms with van der Waals surface area (Å²) in [4.78, 5) is 22.4. The maximum absolute atomic E-state index is 11.4. The Bertz CT molecular complexity index is 204. The smallest absolute Gasteiger partial charge is 0.307 e. The molecule has 0 radical (unpaired) electrons. The Balaban J connectivity index is 3.58. The maximum Gasteiger partial charge on any atom is 0.307 e. The minimum Gasteiger partial charge on any atom is -0.466 e. The molecule has 0 aromatic heterocycles. The summed E-state index contributed by atoms with van der Waals surface area (Å²) in [5, 5.41) is 2.72. The van der Waals surface area contributed by atoms with Crippen molar-refractivity contribution in [1.82, 2.24) is 5.32 Å². The lowest BCUT2D eigenvalue weighted by Crippen LogP contribution is -2.31. The van der Waals surface area contributed by atoms with Crippen LogP contribution in [0.5, 0.6) is 0 Å². The van der Waals surface area contributed by atoms with Crippen LogP contribution in [-0.4, -0.2) is 25.0 Å². The van der Waals surface area contributed by atoms with Crippen LogP contribution in [-0.2, 0) is 14.3 Å². The van der Waals surface area contributed by atoms with Gasteiger partial charge in [-0.05, 0) is 13.3 Å². The molecule has 0 aromatic rings. The molecule has 88 valence electrons. The van der Waals surface area contributed by atoms with Crippen molar-refractivity contribution in [1.29, 1.82) is 0 Å². The van der Waals surface area contributed by atoms with Crippen molar-refractivity contribution in [2.45, 2.75) is 40.0 Å². The molecular formula is C11H21NO3. The zero-order valence-corrected chi connectivity index (χ0v) is 9.84. The van der Waals surface area contributed by atoms with Gasteiger partial charge in [0.15, 0.2) is 0 Å². The van der Waals surface area contributed by atoms with E-state index in [0.29, 0.717) is 13.2 Å². The Labute approximate surface area is 91.4 Å². The molecule has 4 nitrogen and oxygen atoms in total. The Kier molecular flexibility index (Phi) is 7.68. The van der Waals surface area contributed by atoms with Crippen molar-refractivity contribution in [2.24, 2.45) is 5.92 Å². The first-order chi connectivity index (χ1) is 7.11. The quantitative estimate of drug-likeness (QED) is 0.655.